The molecule has 30 heavy (non-hydrogen) atoms. The summed E-state index contributed by atoms with van der Waals surface area (Å²) >= 11 is 0. The molecule has 0 radical (unpaired) electrons. The van der Waals surface area contributed by atoms with Crippen molar-refractivity contribution in [1.29, 1.82) is 0 Å². The number of likely N-dealkylation sites (N-methyl/N-ethyl adjacent to an activating group) is 1. The van der Waals surface area contributed by atoms with Crippen molar-refractivity contribution in [3.8, 4) is 0 Å². The molecule has 2 fully saturated rings. The van der Waals surface area contributed by atoms with Gasteiger partial charge in [0, 0.05) is 56.0 Å². The number of nitrogens with one attached hydrogen (secondary N) is 2. The zero-order valence-corrected chi connectivity index (χ0v) is 16.9. The van der Waals surface area contributed by atoms with Crippen LogP contribution >= 0.6 is 0 Å². The third-order valence-corrected chi connectivity index (χ3v) is 5.43. The molecule has 2 aromatic carbocycles. The summed E-state index contributed by atoms with van der Waals surface area (Å²) in [5.41, 5.74) is 5.42. The second-order valence-electron chi connectivity index (χ2n) is 7.60. The number of hydrogen-bond acceptors (Lipinski definition) is 5. The molecule has 0 aromatic heterocycles. The summed E-state index contributed by atoms with van der Waals surface area (Å²) in [5, 5.41) is 4.12. The molecule has 156 valence electrons. The number of nitrogens with zero attached hydrogens (tertiary/aromatic N) is 3. The molecule has 2 heterocycles. The van der Waals surface area contributed by atoms with Gasteiger partial charge in [0.1, 0.15) is 0 Å². The molecule has 0 saturated carbocycles. The van der Waals surface area contributed by atoms with Crippen molar-refractivity contribution >= 4 is 34.8 Å². The van der Waals surface area contributed by atoms with Gasteiger partial charge in [-0.3, -0.25) is 19.8 Å². The molecule has 0 bridgehead atoms. The van der Waals surface area contributed by atoms with Gasteiger partial charge in [0.15, 0.2) is 0 Å². The summed E-state index contributed by atoms with van der Waals surface area (Å²) in [7, 11) is 2.13. The molecule has 8 nitrogen and oxygen atoms in total. The molecule has 0 aliphatic carbocycles. The maximum atomic E-state index is 12.6. The van der Waals surface area contributed by atoms with Crippen molar-refractivity contribution in [2.75, 3.05) is 48.5 Å². The molecule has 8 heteroatoms. The average molecular weight is 407 g/mol. The Labute approximate surface area is 175 Å². The Kier molecular flexibility index (Phi) is 5.67. The van der Waals surface area contributed by atoms with Crippen LogP contribution in [0.2, 0.25) is 0 Å². The van der Waals surface area contributed by atoms with Crippen LogP contribution in [0.1, 0.15) is 23.2 Å². The molecular weight excluding hydrogens is 382 g/mol. The third kappa shape index (κ3) is 4.44. The summed E-state index contributed by atoms with van der Waals surface area (Å²) in [6, 6.07) is 14.4. The molecule has 3 amide bonds. The van der Waals surface area contributed by atoms with Crippen LogP contribution in [0.15, 0.2) is 48.5 Å². The van der Waals surface area contributed by atoms with Crippen molar-refractivity contribution < 1.29 is 14.4 Å². The van der Waals surface area contributed by atoms with Crippen molar-refractivity contribution in [2.24, 2.45) is 0 Å². The van der Waals surface area contributed by atoms with Gasteiger partial charge in [-0.15, -0.1) is 0 Å². The molecule has 2 aliphatic rings. The fourth-order valence-corrected chi connectivity index (χ4v) is 3.57. The minimum atomic E-state index is -0.233. The Morgan fingerprint density at radius 3 is 2.17 bits per heavy atom. The standard InChI is InChI=1S/C22H25N5O3/c1-25-12-14-26(15-13-25)18-8-4-17(5-9-18)23-22(30)16-2-6-19(7-3-16)27-21(29)11-10-20(28)24-27/h2-9H,10-15H2,1H3,(H,23,30)(H,24,28). The topological polar surface area (TPSA) is 85.0 Å². The summed E-state index contributed by atoms with van der Waals surface area (Å²) in [5.74, 6) is -0.605. The van der Waals surface area contributed by atoms with Crippen LogP contribution in [0.4, 0.5) is 17.1 Å². The summed E-state index contributed by atoms with van der Waals surface area (Å²) in [6.45, 7) is 4.07. The number of rotatable bonds is 4. The second-order valence-corrected chi connectivity index (χ2v) is 7.60. The molecule has 2 saturated heterocycles. The summed E-state index contributed by atoms with van der Waals surface area (Å²) < 4.78 is 0. The van der Waals surface area contributed by atoms with Gasteiger partial charge in [-0.25, -0.2) is 5.01 Å². The van der Waals surface area contributed by atoms with Gasteiger partial charge in [-0.05, 0) is 55.6 Å². The number of carbonyl (C=O) groups is 3. The Morgan fingerprint density at radius 1 is 0.867 bits per heavy atom. The van der Waals surface area contributed by atoms with E-state index in [2.05, 4.69) is 27.6 Å². The maximum Gasteiger partial charge on any atom is 0.255 e. The van der Waals surface area contributed by atoms with Crippen LogP contribution in [0.25, 0.3) is 0 Å². The largest absolute Gasteiger partial charge is 0.369 e. The van der Waals surface area contributed by atoms with Gasteiger partial charge in [0.05, 0.1) is 5.69 Å². The van der Waals surface area contributed by atoms with Crippen LogP contribution < -0.4 is 20.7 Å². The SMILES string of the molecule is CN1CCN(c2ccc(NC(=O)c3ccc(N4NC(=O)CCC4=O)cc3)cc2)CC1. The van der Waals surface area contributed by atoms with Crippen molar-refractivity contribution in [3.05, 3.63) is 54.1 Å². The highest BCUT2D eigenvalue weighted by atomic mass is 16.2. The lowest BCUT2D eigenvalue weighted by atomic mass is 10.1. The number of amides is 3. The number of benzene rings is 2. The number of piperazine rings is 1. The second kappa shape index (κ2) is 8.54. The van der Waals surface area contributed by atoms with Gasteiger partial charge in [0.25, 0.3) is 5.91 Å². The molecule has 0 unspecified atom stereocenters. The lowest BCUT2D eigenvalue weighted by molar-refractivity contribution is -0.130. The first kappa shape index (κ1) is 19.9. The lowest BCUT2D eigenvalue weighted by Crippen LogP contribution is -2.50. The van der Waals surface area contributed by atoms with E-state index in [0.29, 0.717) is 11.3 Å². The first-order valence-corrected chi connectivity index (χ1v) is 10.1. The van der Waals surface area contributed by atoms with Crippen LogP contribution in [0.5, 0.6) is 0 Å². The van der Waals surface area contributed by atoms with E-state index in [9.17, 15) is 14.4 Å². The highest BCUT2D eigenvalue weighted by Gasteiger charge is 2.24. The van der Waals surface area contributed by atoms with Gasteiger partial charge in [-0.1, -0.05) is 0 Å². The average Bonchev–Trinajstić information content (AvgIpc) is 2.77. The van der Waals surface area contributed by atoms with Gasteiger partial charge < -0.3 is 15.1 Å². The third-order valence-electron chi connectivity index (χ3n) is 5.43. The van der Waals surface area contributed by atoms with Crippen LogP contribution in [0.3, 0.4) is 0 Å². The minimum absolute atomic E-state index is 0.174. The molecule has 0 spiro atoms. The molecular formula is C22H25N5O3. The van der Waals surface area contributed by atoms with Crippen LogP contribution in [0, 0.1) is 0 Å². The van der Waals surface area contributed by atoms with E-state index < -0.39 is 0 Å². The molecule has 0 atom stereocenters. The first-order valence-electron chi connectivity index (χ1n) is 10.1. The number of hydrogen-bond donors (Lipinski definition) is 2. The van der Waals surface area contributed by atoms with Crippen molar-refractivity contribution in [2.45, 2.75) is 12.8 Å². The number of anilines is 3. The predicted molar refractivity (Wildman–Crippen MR) is 115 cm³/mol. The Morgan fingerprint density at radius 2 is 1.50 bits per heavy atom. The molecule has 2 N–H and O–H groups in total. The quantitative estimate of drug-likeness (QED) is 0.808. The van der Waals surface area contributed by atoms with Gasteiger partial charge >= 0.3 is 0 Å². The predicted octanol–water partition coefficient (Wildman–Crippen LogP) is 1.85. The molecule has 2 aromatic rings. The van der Waals surface area contributed by atoms with Crippen molar-refractivity contribution in [3.63, 3.8) is 0 Å². The van der Waals surface area contributed by atoms with E-state index in [1.165, 1.54) is 5.01 Å². The van der Waals surface area contributed by atoms with Gasteiger partial charge in [0.2, 0.25) is 11.8 Å². The number of hydrazine groups is 1. The minimum Gasteiger partial charge on any atom is -0.369 e. The highest BCUT2D eigenvalue weighted by molar-refractivity contribution is 6.05. The maximum absolute atomic E-state index is 12.6. The molecule has 4 rings (SSSR count). The molecule has 2 aliphatic heterocycles. The van der Waals surface area contributed by atoms with Crippen molar-refractivity contribution in [1.82, 2.24) is 10.3 Å². The zero-order valence-electron chi connectivity index (χ0n) is 16.9. The summed E-state index contributed by atoms with van der Waals surface area (Å²) in [4.78, 5) is 40.7. The fraction of sp³-hybridized carbons (Fsp3) is 0.318. The van der Waals surface area contributed by atoms with E-state index in [1.807, 2.05) is 24.3 Å². The van der Waals surface area contributed by atoms with E-state index in [0.717, 1.165) is 37.6 Å². The van der Waals surface area contributed by atoms with Crippen LogP contribution in [-0.4, -0.2) is 55.8 Å². The number of carbonyl (C=O) groups excluding carboxylic acids is 3. The van der Waals surface area contributed by atoms with E-state index in [1.54, 1.807) is 24.3 Å². The Balaban J connectivity index is 1.38. The monoisotopic (exact) mass is 407 g/mol. The highest BCUT2D eigenvalue weighted by Crippen LogP contribution is 2.21. The zero-order chi connectivity index (χ0) is 21.1. The Hall–Kier alpha value is -3.39. The smallest absolute Gasteiger partial charge is 0.255 e. The van der Waals surface area contributed by atoms with E-state index >= 15 is 0 Å². The lowest BCUT2D eigenvalue weighted by Gasteiger charge is -2.34. The van der Waals surface area contributed by atoms with Crippen LogP contribution in [-0.2, 0) is 9.59 Å². The van der Waals surface area contributed by atoms with E-state index in [-0.39, 0.29) is 30.6 Å². The fourth-order valence-electron chi connectivity index (χ4n) is 3.57. The summed E-state index contributed by atoms with van der Waals surface area (Å²) in [6.07, 6.45) is 0.377. The normalized spacial score (nSPS) is 17.6. The Bertz CT molecular complexity index is 934. The first-order chi connectivity index (χ1) is 14.5. The van der Waals surface area contributed by atoms with E-state index in [4.69, 9.17) is 0 Å². The van der Waals surface area contributed by atoms with Gasteiger partial charge in [-0.2, -0.15) is 0 Å².